The van der Waals surface area contributed by atoms with Crippen LogP contribution in [0.4, 0.5) is 13.2 Å². The van der Waals surface area contributed by atoms with E-state index in [-0.39, 0.29) is 25.1 Å². The molecule has 1 fully saturated rings. The first-order valence-electron chi connectivity index (χ1n) is 11.9. The fraction of sp³-hybridized carbons (Fsp3) is 0.385. The number of aliphatic imine (C=N–C) groups is 1. The topological polar surface area (TPSA) is 104 Å². The van der Waals surface area contributed by atoms with E-state index in [0.717, 1.165) is 7.11 Å². The molecule has 212 valence electrons. The molecule has 0 amide bonds. The first-order valence-corrected chi connectivity index (χ1v) is 13.6. The number of halogens is 4. The quantitative estimate of drug-likeness (QED) is 0.260. The lowest BCUT2D eigenvalue weighted by Crippen LogP contribution is -2.46. The number of aliphatic hydroxyl groups is 1. The van der Waals surface area contributed by atoms with Gasteiger partial charge in [-0.25, -0.2) is 22.9 Å². The van der Waals surface area contributed by atoms with Crippen molar-refractivity contribution < 1.29 is 32.6 Å². The lowest BCUT2D eigenvalue weighted by molar-refractivity contribution is -0.139. The molecule has 2 aliphatic rings. The number of carbonyl (C=O) groups excluding carboxylic acids is 2. The molecule has 13 heteroatoms. The number of amidine groups is 1. The van der Waals surface area contributed by atoms with Crippen molar-refractivity contribution in [2.75, 3.05) is 33.4 Å². The number of aliphatic hydroxyl groups excluding tert-OH is 1. The van der Waals surface area contributed by atoms with Gasteiger partial charge in [-0.3, -0.25) is 14.7 Å². The summed E-state index contributed by atoms with van der Waals surface area (Å²) in [4.78, 5) is 32.8. The summed E-state index contributed by atoms with van der Waals surface area (Å²) in [5.74, 6) is -3.42. The minimum absolute atomic E-state index is 0.0868. The summed E-state index contributed by atoms with van der Waals surface area (Å²) < 4.78 is 47.7. The van der Waals surface area contributed by atoms with E-state index in [9.17, 15) is 18.0 Å². The number of alkyl halides is 2. The number of benzene rings is 1. The normalized spacial score (nSPS) is 18.3. The zero-order chi connectivity index (χ0) is 29.0. The third-order valence-corrected chi connectivity index (χ3v) is 6.93. The molecule has 2 aliphatic heterocycles. The second-order valence-electron chi connectivity index (χ2n) is 8.16. The number of esters is 1. The Morgan fingerprint density at radius 1 is 1.41 bits per heavy atom. The van der Waals surface area contributed by atoms with E-state index in [1.807, 2.05) is 0 Å². The second-order valence-corrected chi connectivity index (χ2v) is 9.91. The number of aldehydes is 1. The number of hydrogen-bond donors (Lipinski definition) is 2. The highest BCUT2D eigenvalue weighted by atomic mass is 79.9. The van der Waals surface area contributed by atoms with Crippen LogP contribution in [0, 0.1) is 5.82 Å². The molecule has 0 aliphatic carbocycles. The third kappa shape index (κ3) is 9.09. The van der Waals surface area contributed by atoms with Crippen molar-refractivity contribution in [2.24, 2.45) is 4.99 Å². The van der Waals surface area contributed by atoms with E-state index < -0.39 is 30.3 Å². The number of thiazole rings is 1. The maximum atomic E-state index is 14.1. The summed E-state index contributed by atoms with van der Waals surface area (Å²) in [6.45, 7) is 5.10. The lowest BCUT2D eigenvalue weighted by Gasteiger charge is -2.35. The zero-order valence-electron chi connectivity index (χ0n) is 21.5. The number of likely N-dealkylation sites (tertiary alicyclic amines) is 1. The Hall–Kier alpha value is -2.87. The van der Waals surface area contributed by atoms with Gasteiger partial charge in [-0.15, -0.1) is 11.3 Å². The van der Waals surface area contributed by atoms with E-state index in [4.69, 9.17) is 19.6 Å². The monoisotopic (exact) mass is 630 g/mol. The lowest BCUT2D eigenvalue weighted by atomic mass is 9.95. The number of nitrogens with zero attached hydrogens (tertiary/aromatic N) is 3. The van der Waals surface area contributed by atoms with Crippen LogP contribution in [-0.4, -0.2) is 72.4 Å². The third-order valence-electron chi connectivity index (χ3n) is 5.46. The van der Waals surface area contributed by atoms with Crippen LogP contribution in [-0.2, 0) is 14.3 Å². The predicted octanol–water partition coefficient (Wildman–Crippen LogP) is 4.66. The minimum atomic E-state index is -2.79. The number of ether oxygens (including phenoxy) is 1. The number of allylic oxidation sites excluding steroid dienone is 1. The summed E-state index contributed by atoms with van der Waals surface area (Å²) in [6.07, 6.45) is 3.66. The highest BCUT2D eigenvalue weighted by Crippen LogP contribution is 2.37. The fourth-order valence-corrected chi connectivity index (χ4v) is 5.13. The van der Waals surface area contributed by atoms with E-state index in [2.05, 4.69) is 32.8 Å². The number of rotatable bonds is 7. The van der Waals surface area contributed by atoms with Gasteiger partial charge < -0.3 is 15.2 Å². The van der Waals surface area contributed by atoms with E-state index in [0.29, 0.717) is 45.8 Å². The number of nitrogens with one attached hydrogen (secondary N) is 1. The Morgan fingerprint density at radius 3 is 2.69 bits per heavy atom. The molecule has 1 atom stereocenters. The van der Waals surface area contributed by atoms with Gasteiger partial charge in [0.2, 0.25) is 0 Å². The molecule has 0 unspecified atom stereocenters. The van der Waals surface area contributed by atoms with Crippen molar-refractivity contribution >= 4 is 45.4 Å². The molecule has 1 saturated heterocycles. The van der Waals surface area contributed by atoms with Crippen LogP contribution in [0.3, 0.4) is 0 Å². The average Bonchev–Trinajstić information content (AvgIpc) is 3.44. The van der Waals surface area contributed by atoms with Crippen molar-refractivity contribution in [3.05, 3.63) is 74.6 Å². The molecule has 3 heterocycles. The van der Waals surface area contributed by atoms with Gasteiger partial charge in [-0.05, 0) is 43.7 Å². The number of piperidine rings is 1. The fourth-order valence-electron chi connectivity index (χ4n) is 3.97. The highest BCUT2D eigenvalue weighted by Gasteiger charge is 2.38. The molecule has 8 nitrogen and oxygen atoms in total. The summed E-state index contributed by atoms with van der Waals surface area (Å²) in [5.41, 5.74) is 1.18. The Balaban J connectivity index is 0.000000815. The molecule has 0 bridgehead atoms. The molecule has 0 radical (unpaired) electrons. The van der Waals surface area contributed by atoms with Crippen molar-refractivity contribution in [1.82, 2.24) is 15.2 Å². The van der Waals surface area contributed by atoms with Gasteiger partial charge >= 0.3 is 5.97 Å². The van der Waals surface area contributed by atoms with Crippen molar-refractivity contribution in [1.29, 1.82) is 0 Å². The first kappa shape index (κ1) is 32.3. The van der Waals surface area contributed by atoms with Crippen LogP contribution in [0.2, 0.25) is 0 Å². The molecule has 1 aromatic heterocycles. The van der Waals surface area contributed by atoms with Gasteiger partial charge in [0.1, 0.15) is 18.1 Å². The van der Waals surface area contributed by atoms with Gasteiger partial charge in [-0.1, -0.05) is 28.6 Å². The van der Waals surface area contributed by atoms with Gasteiger partial charge in [0.15, 0.2) is 10.8 Å². The predicted molar refractivity (Wildman–Crippen MR) is 147 cm³/mol. The van der Waals surface area contributed by atoms with Crippen molar-refractivity contribution in [3.8, 4) is 0 Å². The van der Waals surface area contributed by atoms with Gasteiger partial charge in [0.05, 0.1) is 18.7 Å². The Morgan fingerprint density at radius 2 is 2.13 bits per heavy atom. The Labute approximate surface area is 237 Å². The number of hydrogen-bond acceptors (Lipinski definition) is 9. The summed E-state index contributed by atoms with van der Waals surface area (Å²) in [6, 6.07) is 3.29. The number of aromatic nitrogens is 1. The first-order chi connectivity index (χ1) is 18.7. The summed E-state index contributed by atoms with van der Waals surface area (Å²) in [5, 5.41) is 12.5. The van der Waals surface area contributed by atoms with E-state index in [1.54, 1.807) is 29.5 Å². The molecule has 4 rings (SSSR count). The standard InChI is InChI=1S/C22H22BrF3N4O2S.C3H4O.CH4O/c1-2-32-21(31)17-16(11-30-8-3-6-22(25,26)12-30)28-19(20-27-7-9-33-20)29-18(17)14-5-4-13(24)10-15(14)23;1-2-3-4;1-2/h4-5,7,9-10,18H,2-3,6,8,11-12H2,1H3,(H,28,29);2-3H,1H2;2H,1H3/t18-;;/m0../s1. The Kier molecular flexibility index (Phi) is 13.0. The van der Waals surface area contributed by atoms with Crippen molar-refractivity contribution in [3.63, 3.8) is 0 Å². The number of carbonyl (C=O) groups is 2. The zero-order valence-corrected chi connectivity index (χ0v) is 23.9. The van der Waals surface area contributed by atoms with Crippen LogP contribution in [0.15, 0.2) is 63.2 Å². The van der Waals surface area contributed by atoms with Gasteiger partial charge in [-0.2, -0.15) is 0 Å². The van der Waals surface area contributed by atoms with Gasteiger partial charge in [0, 0.05) is 41.8 Å². The van der Waals surface area contributed by atoms with Crippen LogP contribution in [0.5, 0.6) is 0 Å². The van der Waals surface area contributed by atoms with Crippen LogP contribution < -0.4 is 5.32 Å². The summed E-state index contributed by atoms with van der Waals surface area (Å²) >= 11 is 4.73. The molecule has 0 spiro atoms. The highest BCUT2D eigenvalue weighted by molar-refractivity contribution is 9.10. The SMILES string of the molecule is C=CC=O.CCOC(=O)C1=C(CN2CCCC(F)(F)C2)NC(c2nccs2)=N[C@H]1c1ccc(F)cc1Br.CO. The van der Waals surface area contributed by atoms with E-state index >= 15 is 0 Å². The van der Waals surface area contributed by atoms with Crippen LogP contribution in [0.1, 0.15) is 36.4 Å². The summed E-state index contributed by atoms with van der Waals surface area (Å²) in [7, 11) is 1.00. The Bertz CT molecular complexity index is 1190. The van der Waals surface area contributed by atoms with Crippen LogP contribution >= 0.6 is 27.3 Å². The molecular weight excluding hydrogens is 601 g/mol. The maximum absolute atomic E-state index is 14.1. The molecular formula is C26H30BrF3N4O4S. The minimum Gasteiger partial charge on any atom is -0.463 e. The van der Waals surface area contributed by atoms with E-state index in [1.165, 1.54) is 29.5 Å². The molecule has 39 heavy (non-hydrogen) atoms. The maximum Gasteiger partial charge on any atom is 0.338 e. The average molecular weight is 632 g/mol. The van der Waals surface area contributed by atoms with Gasteiger partial charge in [0.25, 0.3) is 5.92 Å². The largest absolute Gasteiger partial charge is 0.463 e. The molecule has 2 aromatic rings. The van der Waals surface area contributed by atoms with Crippen LogP contribution in [0.25, 0.3) is 0 Å². The molecule has 0 saturated carbocycles. The second kappa shape index (κ2) is 15.7. The smallest absolute Gasteiger partial charge is 0.338 e. The molecule has 1 aromatic carbocycles. The van der Waals surface area contributed by atoms with Crippen molar-refractivity contribution in [2.45, 2.75) is 31.7 Å². The molecule has 2 N–H and O–H groups in total.